The van der Waals surface area contributed by atoms with Gasteiger partial charge in [-0.3, -0.25) is 0 Å². The predicted octanol–water partition coefficient (Wildman–Crippen LogP) is 33.3. The molecule has 0 saturated carbocycles. The van der Waals surface area contributed by atoms with Crippen molar-refractivity contribution in [2.24, 2.45) is 0 Å². The molecule has 0 N–H and O–H groups in total. The Morgan fingerprint density at radius 1 is 0.148 bits per heavy atom. The van der Waals surface area contributed by atoms with Gasteiger partial charge in [-0.05, 0) is 236 Å². The fraction of sp³-hybridized carbons (Fsp3) is 0. The van der Waals surface area contributed by atoms with E-state index in [-0.39, 0.29) is 0 Å². The molecule has 0 bridgehead atoms. The molecule has 0 amide bonds. The number of para-hydroxylation sites is 6. The molecule has 21 aromatic carbocycles. The summed E-state index contributed by atoms with van der Waals surface area (Å²) < 4.78 is 0. The van der Waals surface area contributed by atoms with Gasteiger partial charge >= 0.3 is 0 Å². The molecule has 3 heterocycles. The van der Waals surface area contributed by atoms with Crippen LogP contribution in [0.1, 0.15) is 0 Å². The van der Waals surface area contributed by atoms with Crippen LogP contribution >= 0.6 is 0 Å². The highest BCUT2D eigenvalue weighted by Gasteiger charge is 2.30. The molecular formula is C116H80N6. The van der Waals surface area contributed by atoms with Gasteiger partial charge < -0.3 is 29.4 Å². The van der Waals surface area contributed by atoms with E-state index in [1.54, 1.807) is 0 Å². The lowest BCUT2D eigenvalue weighted by molar-refractivity contribution is 1.26. The van der Waals surface area contributed by atoms with Crippen LogP contribution in [-0.2, 0) is 0 Å². The molecule has 574 valence electrons. The molecule has 122 heavy (non-hydrogen) atoms. The summed E-state index contributed by atoms with van der Waals surface area (Å²) in [5, 5.41) is 12.6. The fourth-order valence-corrected chi connectivity index (χ4v) is 18.6. The zero-order chi connectivity index (χ0) is 80.8. The van der Waals surface area contributed by atoms with Gasteiger partial charge in [0.1, 0.15) is 0 Å². The lowest BCUT2D eigenvalue weighted by Gasteiger charge is -2.34. The van der Waals surface area contributed by atoms with Gasteiger partial charge in [0.05, 0.1) is 39.8 Å². The van der Waals surface area contributed by atoms with Crippen LogP contribution in [0.5, 0.6) is 0 Å². The minimum Gasteiger partial charge on any atom is -0.311 e. The van der Waals surface area contributed by atoms with E-state index in [0.29, 0.717) is 0 Å². The third kappa shape index (κ3) is 13.0. The summed E-state index contributed by atoms with van der Waals surface area (Å²) in [5.74, 6) is 0. The summed E-state index contributed by atoms with van der Waals surface area (Å²) in [6.45, 7) is 0. The highest BCUT2D eigenvalue weighted by molar-refractivity contribution is 6.17. The average Bonchev–Trinajstić information content (AvgIpc) is 0.736. The van der Waals surface area contributed by atoms with Crippen molar-refractivity contribution in [3.63, 3.8) is 0 Å². The molecular weight excluding hydrogens is 1480 g/mol. The van der Waals surface area contributed by atoms with Gasteiger partial charge in [-0.25, -0.2) is 0 Å². The second kappa shape index (κ2) is 31.3. The number of anilines is 18. The normalized spacial score (nSPS) is 11.9. The highest BCUT2D eigenvalue weighted by atomic mass is 15.2. The van der Waals surface area contributed by atoms with E-state index >= 15 is 0 Å². The zero-order valence-corrected chi connectivity index (χ0v) is 66.9. The third-order valence-electron chi connectivity index (χ3n) is 24.0. The molecule has 6 heteroatoms. The molecule has 6 nitrogen and oxygen atoms in total. The standard InChI is InChI=1S/C40H28N2.2C38H26N2/c1-3-11-29(12-4-1)30-21-23-33(24-22-30)41(32-15-5-2-6-16-32)34-25-27-35(28-26-34)42-38-19-8-7-17-36(38)37-18-9-13-31-14-10-20-39(42)40(31)37;1-2-15-29(16-3-1)39(35-21-9-12-27-11-4-5-17-32(27)35)30-23-25-31(26-24-30)40-36-20-7-6-18-33(36)34-19-8-13-28-14-10-22-37(40)38(28)34;1-2-14-30(15-3-1)39(33-21-20-27-10-4-5-11-29(27)26-33)31-22-24-32(25-23-31)40-36-18-7-6-16-34(36)35-17-8-12-28-13-9-19-37(40)38(28)35/h1-28H;2*1-26H. The van der Waals surface area contributed by atoms with Crippen molar-refractivity contribution < 1.29 is 0 Å². The monoisotopic (exact) mass is 1560 g/mol. The maximum atomic E-state index is 2.40. The van der Waals surface area contributed by atoms with Gasteiger partial charge in [0.2, 0.25) is 0 Å². The van der Waals surface area contributed by atoms with Crippen molar-refractivity contribution in [2.75, 3.05) is 29.4 Å². The molecule has 0 aromatic heterocycles. The first-order valence-electron chi connectivity index (χ1n) is 41.8. The SMILES string of the molecule is c1ccc(-c2ccc(N(c3ccccc3)c3ccc(N4c5ccccc5-c5cccc6cccc4c56)cc3)cc2)cc1.c1ccc(N(c2ccc(N3c4ccccc4-c4cccc5cccc3c45)cc2)c2ccc3ccccc3c2)cc1.c1ccc(N(c2ccc(N3c4ccccc4-c4cccc5cccc3c45)cc2)c2cccc3ccccc23)cc1. The molecule has 0 saturated heterocycles. The van der Waals surface area contributed by atoms with E-state index in [0.717, 1.165) is 62.6 Å². The molecule has 3 aliphatic heterocycles. The molecule has 24 rings (SSSR count). The summed E-state index contributed by atoms with van der Waals surface area (Å²) in [5.41, 5.74) is 30.9. The van der Waals surface area contributed by atoms with Crippen LogP contribution < -0.4 is 29.4 Å². The highest BCUT2D eigenvalue weighted by Crippen LogP contribution is 2.56. The van der Waals surface area contributed by atoms with Gasteiger partial charge in [-0.15, -0.1) is 0 Å². The Kier molecular flexibility index (Phi) is 18.5. The van der Waals surface area contributed by atoms with Crippen molar-refractivity contribution in [3.05, 3.63) is 485 Å². The van der Waals surface area contributed by atoms with Crippen LogP contribution in [0.3, 0.4) is 0 Å². The maximum absolute atomic E-state index is 2.40. The molecule has 0 atom stereocenters. The van der Waals surface area contributed by atoms with Gasteiger partial charge in [0.25, 0.3) is 0 Å². The van der Waals surface area contributed by atoms with E-state index in [2.05, 4.69) is 515 Å². The second-order valence-corrected chi connectivity index (χ2v) is 31.1. The van der Waals surface area contributed by atoms with Gasteiger partial charge in [-0.1, -0.05) is 309 Å². The van der Waals surface area contributed by atoms with Gasteiger partial charge in [-0.2, -0.15) is 0 Å². The number of rotatable bonds is 13. The summed E-state index contributed by atoms with van der Waals surface area (Å²) in [6, 6.07) is 174. The van der Waals surface area contributed by atoms with Crippen molar-refractivity contribution in [1.29, 1.82) is 0 Å². The topological polar surface area (TPSA) is 19.4 Å². The zero-order valence-electron chi connectivity index (χ0n) is 66.9. The summed E-state index contributed by atoms with van der Waals surface area (Å²) in [4.78, 5) is 14.2. The van der Waals surface area contributed by atoms with Crippen molar-refractivity contribution >= 4 is 156 Å². The molecule has 0 spiro atoms. The Bertz CT molecular complexity index is 7400. The van der Waals surface area contributed by atoms with Crippen LogP contribution in [0.15, 0.2) is 485 Å². The maximum Gasteiger partial charge on any atom is 0.0546 e. The van der Waals surface area contributed by atoms with E-state index < -0.39 is 0 Å². The Balaban J connectivity index is 0.000000109. The summed E-state index contributed by atoms with van der Waals surface area (Å²) >= 11 is 0. The van der Waals surface area contributed by atoms with Crippen LogP contribution in [0.2, 0.25) is 0 Å². The van der Waals surface area contributed by atoms with E-state index in [9.17, 15) is 0 Å². The number of benzene rings is 21. The van der Waals surface area contributed by atoms with Crippen LogP contribution in [-0.4, -0.2) is 0 Å². The van der Waals surface area contributed by atoms with E-state index in [4.69, 9.17) is 0 Å². The Labute approximate surface area is 710 Å². The van der Waals surface area contributed by atoms with E-state index in [1.807, 2.05) is 0 Å². The average molecular weight is 1560 g/mol. The minimum absolute atomic E-state index is 1.11. The number of hydrogen-bond acceptors (Lipinski definition) is 6. The summed E-state index contributed by atoms with van der Waals surface area (Å²) in [7, 11) is 0. The molecule has 3 aliphatic rings. The van der Waals surface area contributed by atoms with Crippen molar-refractivity contribution in [3.8, 4) is 44.5 Å². The molecule has 21 aromatic rings. The Hall–Kier alpha value is -16.3. The van der Waals surface area contributed by atoms with Gasteiger partial charge in [0, 0.05) is 101 Å². The first-order chi connectivity index (χ1) is 60.6. The van der Waals surface area contributed by atoms with Gasteiger partial charge in [0.15, 0.2) is 0 Å². The lowest BCUT2D eigenvalue weighted by Crippen LogP contribution is -2.15. The Morgan fingerprint density at radius 3 is 0.852 bits per heavy atom. The third-order valence-corrected chi connectivity index (χ3v) is 24.0. The summed E-state index contributed by atoms with van der Waals surface area (Å²) in [6.07, 6.45) is 0. The number of nitrogens with zero attached hydrogens (tertiary/aromatic N) is 6. The quantitative estimate of drug-likeness (QED) is 0.114. The second-order valence-electron chi connectivity index (χ2n) is 31.1. The van der Waals surface area contributed by atoms with Crippen LogP contribution in [0.25, 0.3) is 98.4 Å². The van der Waals surface area contributed by atoms with Crippen molar-refractivity contribution in [2.45, 2.75) is 0 Å². The van der Waals surface area contributed by atoms with Crippen molar-refractivity contribution in [1.82, 2.24) is 0 Å². The van der Waals surface area contributed by atoms with Crippen LogP contribution in [0, 0.1) is 0 Å². The smallest absolute Gasteiger partial charge is 0.0546 e. The lowest BCUT2D eigenvalue weighted by atomic mass is 9.91. The largest absolute Gasteiger partial charge is 0.311 e. The molecule has 0 fully saturated rings. The van der Waals surface area contributed by atoms with Crippen LogP contribution in [0.4, 0.5) is 102 Å². The number of fused-ring (bicyclic) bond motifs is 8. The molecule has 0 unspecified atom stereocenters. The fourth-order valence-electron chi connectivity index (χ4n) is 18.6. The first kappa shape index (κ1) is 72.2. The Morgan fingerprint density at radius 2 is 0.418 bits per heavy atom. The molecule has 0 aliphatic carbocycles. The minimum atomic E-state index is 1.11. The number of hydrogen-bond donors (Lipinski definition) is 0. The molecule has 0 radical (unpaired) electrons. The predicted molar refractivity (Wildman–Crippen MR) is 517 cm³/mol. The van der Waals surface area contributed by atoms with E-state index in [1.165, 1.54) is 138 Å². The first-order valence-corrected chi connectivity index (χ1v) is 41.8.